The van der Waals surface area contributed by atoms with Crippen LogP contribution in [0.5, 0.6) is 0 Å². The van der Waals surface area contributed by atoms with E-state index in [9.17, 15) is 0 Å². The third-order valence-electron chi connectivity index (χ3n) is 3.23. The highest BCUT2D eigenvalue weighted by atomic mass is 35.5. The van der Waals surface area contributed by atoms with Gasteiger partial charge >= 0.3 is 0 Å². The lowest BCUT2D eigenvalue weighted by molar-refractivity contribution is -0.839. The lowest BCUT2D eigenvalue weighted by atomic mass is 10.2. The summed E-state index contributed by atoms with van der Waals surface area (Å²) >= 11 is 0. The molecule has 1 aliphatic rings. The number of hydrogen-bond acceptors (Lipinski definition) is 0. The number of hydrogen-bond donors (Lipinski definition) is 0. The molecule has 88 valence electrons. The van der Waals surface area contributed by atoms with Crippen molar-refractivity contribution in [3.05, 3.63) is 24.0 Å². The lowest BCUT2D eigenvalue weighted by Gasteiger charge is -2.33. The van der Waals surface area contributed by atoms with E-state index in [1.807, 2.05) is 0 Å². The van der Waals surface area contributed by atoms with Crippen LogP contribution in [0.1, 0.15) is 46.5 Å². The van der Waals surface area contributed by atoms with Crippen LogP contribution in [-0.2, 0) is 0 Å². The zero-order valence-corrected chi connectivity index (χ0v) is 11.1. The minimum absolute atomic E-state index is 0. The molecule has 1 rings (SSSR count). The monoisotopic (exact) mass is 229 g/mol. The first kappa shape index (κ1) is 14.7. The Morgan fingerprint density at radius 2 is 1.60 bits per heavy atom. The van der Waals surface area contributed by atoms with Gasteiger partial charge in [0.15, 0.2) is 0 Å². The van der Waals surface area contributed by atoms with Gasteiger partial charge in [0, 0.05) is 6.92 Å². The third kappa shape index (κ3) is 3.66. The van der Waals surface area contributed by atoms with Gasteiger partial charge in [-0.1, -0.05) is 26.7 Å². The first-order chi connectivity index (χ1) is 6.75. The van der Waals surface area contributed by atoms with Crippen LogP contribution in [0.15, 0.2) is 24.0 Å². The van der Waals surface area contributed by atoms with Crippen LogP contribution in [0, 0.1) is 0 Å². The number of unbranched alkanes of at least 4 members (excludes halogenated alkanes) is 2. The average Bonchev–Trinajstić information content (AvgIpc) is 2.55. The quantitative estimate of drug-likeness (QED) is 0.593. The smallest absolute Gasteiger partial charge is 0.110 e. The van der Waals surface area contributed by atoms with Crippen LogP contribution in [0.4, 0.5) is 0 Å². The maximum atomic E-state index is 2.38. The molecule has 0 saturated carbocycles. The molecular weight excluding hydrogens is 206 g/mol. The molecule has 0 N–H and O–H groups in total. The second-order valence-electron chi connectivity index (χ2n) is 4.34. The number of rotatable bonds is 6. The summed E-state index contributed by atoms with van der Waals surface area (Å²) in [4.78, 5) is 0. The number of quaternary nitrogens is 1. The molecule has 1 heterocycles. The van der Waals surface area contributed by atoms with Crippen LogP contribution < -0.4 is 12.4 Å². The second-order valence-corrected chi connectivity index (χ2v) is 4.34. The van der Waals surface area contributed by atoms with Crippen LogP contribution in [-0.4, -0.2) is 17.6 Å². The molecule has 1 nitrogen and oxygen atoms in total. The normalized spacial score (nSPS) is 17.4. The molecule has 1 aliphatic heterocycles. The van der Waals surface area contributed by atoms with Gasteiger partial charge in [-0.15, -0.1) is 0 Å². The summed E-state index contributed by atoms with van der Waals surface area (Å²) in [5, 5.41) is 0. The Balaban J connectivity index is 0.00000196. The van der Waals surface area contributed by atoms with Gasteiger partial charge < -0.3 is 12.4 Å². The SMILES string of the molecule is CCCC[N+]1(CCCC)C=CC=C1C.[Cl-]. The van der Waals surface area contributed by atoms with Crippen molar-refractivity contribution in [1.29, 1.82) is 0 Å². The van der Waals surface area contributed by atoms with E-state index in [1.165, 1.54) is 44.5 Å². The summed E-state index contributed by atoms with van der Waals surface area (Å²) in [6, 6.07) is 0. The predicted octanol–water partition coefficient (Wildman–Crippen LogP) is 0.838. The predicted molar refractivity (Wildman–Crippen MR) is 62.7 cm³/mol. The zero-order chi connectivity index (χ0) is 10.4. The molecule has 15 heavy (non-hydrogen) atoms. The summed E-state index contributed by atoms with van der Waals surface area (Å²) in [5.74, 6) is 0. The summed E-state index contributed by atoms with van der Waals surface area (Å²) in [6.07, 6.45) is 12.1. The second kappa shape index (κ2) is 7.08. The number of halogens is 1. The van der Waals surface area contributed by atoms with E-state index in [1.54, 1.807) is 0 Å². The molecular formula is C13H24ClN. The van der Waals surface area contributed by atoms with E-state index in [4.69, 9.17) is 0 Å². The molecule has 0 amide bonds. The zero-order valence-electron chi connectivity index (χ0n) is 10.3. The fourth-order valence-electron chi connectivity index (χ4n) is 2.11. The van der Waals surface area contributed by atoms with Gasteiger partial charge in [0.25, 0.3) is 0 Å². The van der Waals surface area contributed by atoms with Gasteiger partial charge in [0.05, 0.1) is 13.1 Å². The van der Waals surface area contributed by atoms with E-state index >= 15 is 0 Å². The Hall–Kier alpha value is -0.270. The summed E-state index contributed by atoms with van der Waals surface area (Å²) in [6.45, 7) is 9.39. The van der Waals surface area contributed by atoms with Crippen molar-refractivity contribution in [3.63, 3.8) is 0 Å². The topological polar surface area (TPSA) is 0 Å². The minimum atomic E-state index is 0. The largest absolute Gasteiger partial charge is 1.00 e. The van der Waals surface area contributed by atoms with Gasteiger partial charge in [-0.25, -0.2) is 0 Å². The maximum Gasteiger partial charge on any atom is 0.110 e. The van der Waals surface area contributed by atoms with Crippen LogP contribution in [0.2, 0.25) is 0 Å². The standard InChI is InChI=1S/C13H24N.ClH/c1-4-6-10-14(11-7-5-2)12-8-9-13(14)3;/h8-9,12H,4-7,10-11H2,1-3H3;1H/q+1;/p-1. The third-order valence-corrected chi connectivity index (χ3v) is 3.23. The molecule has 0 atom stereocenters. The van der Waals surface area contributed by atoms with Gasteiger partial charge in [-0.2, -0.15) is 0 Å². The summed E-state index contributed by atoms with van der Waals surface area (Å²) < 4.78 is 1.13. The van der Waals surface area contributed by atoms with Crippen LogP contribution in [0.3, 0.4) is 0 Å². The van der Waals surface area contributed by atoms with E-state index in [0.717, 1.165) is 4.48 Å². The highest BCUT2D eigenvalue weighted by Crippen LogP contribution is 2.26. The lowest BCUT2D eigenvalue weighted by Crippen LogP contribution is -3.00. The minimum Gasteiger partial charge on any atom is -1.00 e. The molecule has 0 aromatic heterocycles. The Kier molecular flexibility index (Phi) is 6.95. The Labute approximate surface area is 101 Å². The van der Waals surface area contributed by atoms with Gasteiger partial charge in [-0.3, -0.25) is 4.48 Å². The van der Waals surface area contributed by atoms with Crippen molar-refractivity contribution < 1.29 is 16.9 Å². The number of nitrogens with zero attached hydrogens (tertiary/aromatic N) is 1. The first-order valence-corrected chi connectivity index (χ1v) is 5.98. The molecule has 0 bridgehead atoms. The Morgan fingerprint density at radius 1 is 1.07 bits per heavy atom. The highest BCUT2D eigenvalue weighted by Gasteiger charge is 2.28. The summed E-state index contributed by atoms with van der Waals surface area (Å²) in [5.41, 5.74) is 1.52. The Morgan fingerprint density at radius 3 is 1.93 bits per heavy atom. The molecule has 0 unspecified atom stereocenters. The van der Waals surface area contributed by atoms with E-state index in [-0.39, 0.29) is 12.4 Å². The molecule has 2 heteroatoms. The van der Waals surface area contributed by atoms with Crippen molar-refractivity contribution in [2.75, 3.05) is 13.1 Å². The van der Waals surface area contributed by atoms with Crippen molar-refractivity contribution in [2.45, 2.75) is 46.5 Å². The summed E-state index contributed by atoms with van der Waals surface area (Å²) in [7, 11) is 0. The van der Waals surface area contributed by atoms with Crippen molar-refractivity contribution in [1.82, 2.24) is 0 Å². The fraction of sp³-hybridized carbons (Fsp3) is 0.692. The van der Waals surface area contributed by atoms with Crippen molar-refractivity contribution in [3.8, 4) is 0 Å². The Bertz CT molecular complexity index is 223. The van der Waals surface area contributed by atoms with E-state index in [0.29, 0.717) is 0 Å². The fourth-order valence-corrected chi connectivity index (χ4v) is 2.11. The van der Waals surface area contributed by atoms with Gasteiger partial charge in [0.1, 0.15) is 11.9 Å². The molecule has 0 radical (unpaired) electrons. The van der Waals surface area contributed by atoms with Crippen LogP contribution in [0.25, 0.3) is 0 Å². The van der Waals surface area contributed by atoms with Crippen LogP contribution >= 0.6 is 0 Å². The maximum absolute atomic E-state index is 2.38. The average molecular weight is 230 g/mol. The van der Waals surface area contributed by atoms with Crippen molar-refractivity contribution >= 4 is 0 Å². The van der Waals surface area contributed by atoms with Gasteiger partial charge in [0.2, 0.25) is 0 Å². The molecule has 0 saturated heterocycles. The van der Waals surface area contributed by atoms with E-state index in [2.05, 4.69) is 39.1 Å². The van der Waals surface area contributed by atoms with Crippen molar-refractivity contribution in [2.24, 2.45) is 0 Å². The molecule has 0 fully saturated rings. The van der Waals surface area contributed by atoms with Gasteiger partial charge in [-0.05, 0) is 25.0 Å². The first-order valence-electron chi connectivity index (χ1n) is 5.98. The molecule has 0 spiro atoms. The molecule has 0 aliphatic carbocycles. The van der Waals surface area contributed by atoms with E-state index < -0.39 is 0 Å². The number of allylic oxidation sites excluding steroid dienone is 3. The molecule has 0 aromatic carbocycles. The highest BCUT2D eigenvalue weighted by molar-refractivity contribution is 5.11. The molecule has 0 aromatic rings.